The molecule has 0 bridgehead atoms. The lowest BCUT2D eigenvalue weighted by molar-refractivity contribution is 0.145. The molecule has 0 spiro atoms. The van der Waals surface area contributed by atoms with Gasteiger partial charge in [-0.15, -0.1) is 0 Å². The van der Waals surface area contributed by atoms with Crippen LogP contribution in [0.5, 0.6) is 5.75 Å². The van der Waals surface area contributed by atoms with E-state index in [-0.39, 0.29) is 12.8 Å². The summed E-state index contributed by atoms with van der Waals surface area (Å²) in [6.07, 6.45) is 3.01. The van der Waals surface area contributed by atoms with Crippen LogP contribution >= 0.6 is 0 Å². The predicted octanol–water partition coefficient (Wildman–Crippen LogP) is 2.70. The summed E-state index contributed by atoms with van der Waals surface area (Å²) in [6, 6.07) is 7.72. The maximum Gasteiger partial charge on any atom is 0.317 e. The molecule has 0 atom stereocenters. The summed E-state index contributed by atoms with van der Waals surface area (Å²) in [6.45, 7) is 6.23. The zero-order chi connectivity index (χ0) is 15.3. The Hall–Kier alpha value is -1.75. The molecule has 0 saturated heterocycles. The van der Waals surface area contributed by atoms with Crippen LogP contribution in [-0.2, 0) is 11.2 Å². The Labute approximate surface area is 127 Å². The normalized spacial score (nSPS) is 10.2. The molecule has 5 heteroatoms. The third-order valence-corrected chi connectivity index (χ3v) is 2.89. The first-order valence-electron chi connectivity index (χ1n) is 7.57. The van der Waals surface area contributed by atoms with E-state index in [1.165, 1.54) is 5.56 Å². The number of carbonyl (C=O) groups excluding carboxylic acids is 1. The minimum absolute atomic E-state index is 0.157. The maximum atomic E-state index is 11.5. The molecule has 1 aromatic carbocycles. The molecule has 0 aliphatic carbocycles. The molecule has 1 aromatic rings. The maximum absolute atomic E-state index is 11.5. The number of carbonyl (C=O) groups is 1. The number of hydrogen-bond donors (Lipinski definition) is 2. The Morgan fingerprint density at radius 3 is 2.57 bits per heavy atom. The van der Waals surface area contributed by atoms with Crippen molar-refractivity contribution in [3.8, 4) is 5.75 Å². The van der Waals surface area contributed by atoms with Gasteiger partial charge >= 0.3 is 6.03 Å². The summed E-state index contributed by atoms with van der Waals surface area (Å²) in [5.41, 5.74) is 1.30. The standard InChI is InChI=1S/C16H26N2O3/c1-3-6-14-7-9-15(10-8-14)21-13-18-16(19)17-11-5-12-20-4-2/h7-10H,3-6,11-13H2,1-2H3,(H2,17,18,19). The highest BCUT2D eigenvalue weighted by atomic mass is 16.5. The van der Waals surface area contributed by atoms with E-state index >= 15 is 0 Å². The Balaban J connectivity index is 2.10. The van der Waals surface area contributed by atoms with Gasteiger partial charge in [-0.3, -0.25) is 0 Å². The Kier molecular flexibility index (Phi) is 9.04. The van der Waals surface area contributed by atoms with Crippen molar-refractivity contribution >= 4 is 6.03 Å². The van der Waals surface area contributed by atoms with Gasteiger partial charge < -0.3 is 20.1 Å². The van der Waals surface area contributed by atoms with Gasteiger partial charge in [-0.05, 0) is 37.5 Å². The van der Waals surface area contributed by atoms with E-state index in [1.54, 1.807) is 0 Å². The minimum Gasteiger partial charge on any atom is -0.473 e. The summed E-state index contributed by atoms with van der Waals surface area (Å²) in [4.78, 5) is 11.5. The van der Waals surface area contributed by atoms with Crippen LogP contribution in [0, 0.1) is 0 Å². The van der Waals surface area contributed by atoms with Gasteiger partial charge in [-0.2, -0.15) is 0 Å². The summed E-state index contributed by atoms with van der Waals surface area (Å²) in [5.74, 6) is 0.756. The number of urea groups is 1. The molecule has 21 heavy (non-hydrogen) atoms. The molecule has 2 N–H and O–H groups in total. The van der Waals surface area contributed by atoms with Crippen molar-refractivity contribution in [3.05, 3.63) is 29.8 Å². The Bertz CT molecular complexity index is 393. The van der Waals surface area contributed by atoms with E-state index in [9.17, 15) is 4.79 Å². The van der Waals surface area contributed by atoms with Gasteiger partial charge in [0.1, 0.15) is 5.75 Å². The van der Waals surface area contributed by atoms with Crippen molar-refractivity contribution in [1.82, 2.24) is 10.6 Å². The van der Waals surface area contributed by atoms with Crippen LogP contribution in [0.4, 0.5) is 4.79 Å². The van der Waals surface area contributed by atoms with Crippen molar-refractivity contribution in [3.63, 3.8) is 0 Å². The topological polar surface area (TPSA) is 59.6 Å². The first-order chi connectivity index (χ1) is 10.3. The van der Waals surface area contributed by atoms with E-state index in [0.717, 1.165) is 25.0 Å². The fourth-order valence-corrected chi connectivity index (χ4v) is 1.81. The van der Waals surface area contributed by atoms with E-state index in [0.29, 0.717) is 19.8 Å². The minimum atomic E-state index is -0.228. The molecular weight excluding hydrogens is 268 g/mol. The number of nitrogens with one attached hydrogen (secondary N) is 2. The lowest BCUT2D eigenvalue weighted by Crippen LogP contribution is -2.38. The van der Waals surface area contributed by atoms with E-state index in [4.69, 9.17) is 9.47 Å². The molecule has 1 rings (SSSR count). The molecule has 2 amide bonds. The molecule has 0 unspecified atom stereocenters. The summed E-state index contributed by atoms with van der Waals surface area (Å²) >= 11 is 0. The summed E-state index contributed by atoms with van der Waals surface area (Å²) < 4.78 is 10.6. The van der Waals surface area contributed by atoms with Crippen LogP contribution in [0.1, 0.15) is 32.3 Å². The predicted molar refractivity (Wildman–Crippen MR) is 83.6 cm³/mol. The number of rotatable bonds is 10. The largest absolute Gasteiger partial charge is 0.473 e. The van der Waals surface area contributed by atoms with E-state index < -0.39 is 0 Å². The average molecular weight is 294 g/mol. The fraction of sp³-hybridized carbons (Fsp3) is 0.562. The van der Waals surface area contributed by atoms with Gasteiger partial charge in [0.05, 0.1) is 0 Å². The fourth-order valence-electron chi connectivity index (χ4n) is 1.81. The van der Waals surface area contributed by atoms with E-state index in [1.807, 2.05) is 31.2 Å². The quantitative estimate of drug-likeness (QED) is 0.515. The van der Waals surface area contributed by atoms with Crippen LogP contribution in [0.3, 0.4) is 0 Å². The van der Waals surface area contributed by atoms with Gasteiger partial charge in [0.15, 0.2) is 6.73 Å². The Morgan fingerprint density at radius 2 is 1.90 bits per heavy atom. The van der Waals surface area contributed by atoms with Gasteiger partial charge in [0.2, 0.25) is 0 Å². The van der Waals surface area contributed by atoms with Crippen molar-refractivity contribution in [1.29, 1.82) is 0 Å². The highest BCUT2D eigenvalue weighted by Gasteiger charge is 1.99. The van der Waals surface area contributed by atoms with Crippen LogP contribution < -0.4 is 15.4 Å². The van der Waals surface area contributed by atoms with Crippen molar-refractivity contribution in [2.45, 2.75) is 33.1 Å². The van der Waals surface area contributed by atoms with Crippen LogP contribution in [0.25, 0.3) is 0 Å². The first-order valence-corrected chi connectivity index (χ1v) is 7.57. The zero-order valence-corrected chi connectivity index (χ0v) is 13.0. The van der Waals surface area contributed by atoms with E-state index in [2.05, 4.69) is 17.6 Å². The third-order valence-electron chi connectivity index (χ3n) is 2.89. The number of amides is 2. The smallest absolute Gasteiger partial charge is 0.317 e. The lowest BCUT2D eigenvalue weighted by atomic mass is 10.1. The van der Waals surface area contributed by atoms with Crippen LogP contribution in [0.2, 0.25) is 0 Å². The van der Waals surface area contributed by atoms with Gasteiger partial charge in [-0.25, -0.2) is 4.79 Å². The van der Waals surface area contributed by atoms with Crippen LogP contribution in [-0.4, -0.2) is 32.5 Å². The van der Waals surface area contributed by atoms with Gasteiger partial charge in [-0.1, -0.05) is 25.5 Å². The molecular formula is C16H26N2O3. The molecule has 5 nitrogen and oxygen atoms in total. The number of hydrogen-bond acceptors (Lipinski definition) is 3. The first kappa shape index (κ1) is 17.3. The molecule has 0 radical (unpaired) electrons. The molecule has 0 aliphatic rings. The van der Waals surface area contributed by atoms with Crippen molar-refractivity contribution in [2.24, 2.45) is 0 Å². The molecule has 0 heterocycles. The van der Waals surface area contributed by atoms with Crippen molar-refractivity contribution in [2.75, 3.05) is 26.5 Å². The summed E-state index contributed by atoms with van der Waals surface area (Å²) in [7, 11) is 0. The summed E-state index contributed by atoms with van der Waals surface area (Å²) in [5, 5.41) is 5.39. The second kappa shape index (κ2) is 11.0. The highest BCUT2D eigenvalue weighted by Crippen LogP contribution is 2.12. The second-order valence-electron chi connectivity index (χ2n) is 4.67. The van der Waals surface area contributed by atoms with Gasteiger partial charge in [0.25, 0.3) is 0 Å². The SMILES string of the molecule is CCCc1ccc(OCNC(=O)NCCCOCC)cc1. The monoisotopic (exact) mass is 294 g/mol. The molecule has 0 aliphatic heterocycles. The van der Waals surface area contributed by atoms with Gasteiger partial charge in [0, 0.05) is 19.8 Å². The third kappa shape index (κ3) is 8.19. The number of benzene rings is 1. The Morgan fingerprint density at radius 1 is 1.14 bits per heavy atom. The number of ether oxygens (including phenoxy) is 2. The average Bonchev–Trinajstić information content (AvgIpc) is 2.49. The zero-order valence-electron chi connectivity index (χ0n) is 13.0. The lowest BCUT2D eigenvalue weighted by Gasteiger charge is -2.10. The van der Waals surface area contributed by atoms with Crippen LogP contribution in [0.15, 0.2) is 24.3 Å². The van der Waals surface area contributed by atoms with Crippen molar-refractivity contribution < 1.29 is 14.3 Å². The molecule has 0 fully saturated rings. The number of aryl methyl sites for hydroxylation is 1. The molecule has 0 saturated carbocycles. The highest BCUT2D eigenvalue weighted by molar-refractivity contribution is 5.73. The second-order valence-corrected chi connectivity index (χ2v) is 4.67. The molecule has 0 aromatic heterocycles. The molecule has 118 valence electrons.